The molecule has 5 heteroatoms. The first kappa shape index (κ1) is 14.3. The van der Waals surface area contributed by atoms with Crippen molar-refractivity contribution in [1.82, 2.24) is 15.2 Å². The first-order valence-electron chi connectivity index (χ1n) is 6.24. The predicted octanol–water partition coefficient (Wildman–Crippen LogP) is 2.03. The van der Waals surface area contributed by atoms with Crippen molar-refractivity contribution in [3.05, 3.63) is 23.9 Å². The van der Waals surface area contributed by atoms with Gasteiger partial charge in [0.1, 0.15) is 0 Å². The lowest BCUT2D eigenvalue weighted by Crippen LogP contribution is -2.37. The first-order chi connectivity index (χ1) is 8.69. The maximum Gasteiger partial charge on any atom is 0.317 e. The lowest BCUT2D eigenvalue weighted by molar-refractivity contribution is 0.206. The molecular formula is C13H21N3O2. The number of aromatic nitrogens is 1. The number of ether oxygens (including phenoxy) is 1. The Kier molecular flexibility index (Phi) is 5.97. The van der Waals surface area contributed by atoms with E-state index in [4.69, 9.17) is 4.74 Å². The molecule has 1 aromatic heterocycles. The second kappa shape index (κ2) is 7.53. The number of pyridine rings is 1. The van der Waals surface area contributed by atoms with Crippen molar-refractivity contribution in [2.75, 3.05) is 20.2 Å². The SMILES string of the molecule is CCCNC(=O)N(C)Cc1cccnc1OCC. The zero-order valence-corrected chi connectivity index (χ0v) is 11.3. The largest absolute Gasteiger partial charge is 0.478 e. The minimum absolute atomic E-state index is 0.0804. The number of nitrogens with zero attached hydrogens (tertiary/aromatic N) is 2. The zero-order chi connectivity index (χ0) is 13.4. The minimum Gasteiger partial charge on any atom is -0.478 e. The summed E-state index contributed by atoms with van der Waals surface area (Å²) in [4.78, 5) is 17.5. The molecule has 2 amide bonds. The average molecular weight is 251 g/mol. The standard InChI is InChI=1S/C13H21N3O2/c1-4-8-15-13(17)16(3)10-11-7-6-9-14-12(11)18-5-2/h6-7,9H,4-5,8,10H2,1-3H3,(H,15,17). The molecule has 0 saturated carbocycles. The number of nitrogens with one attached hydrogen (secondary N) is 1. The van der Waals surface area contributed by atoms with Gasteiger partial charge in [-0.2, -0.15) is 0 Å². The second-order valence-electron chi connectivity index (χ2n) is 3.99. The normalized spacial score (nSPS) is 9.94. The molecule has 0 aliphatic carbocycles. The Balaban J connectivity index is 2.63. The summed E-state index contributed by atoms with van der Waals surface area (Å²) in [5.74, 6) is 0.593. The molecule has 0 aliphatic heterocycles. The van der Waals surface area contributed by atoms with Gasteiger partial charge in [-0.05, 0) is 19.4 Å². The van der Waals surface area contributed by atoms with Gasteiger partial charge < -0.3 is 15.0 Å². The quantitative estimate of drug-likeness (QED) is 0.841. The van der Waals surface area contributed by atoms with Gasteiger partial charge >= 0.3 is 6.03 Å². The number of rotatable bonds is 6. The minimum atomic E-state index is -0.0804. The van der Waals surface area contributed by atoms with Crippen LogP contribution in [0.5, 0.6) is 5.88 Å². The Labute approximate surface area is 108 Å². The summed E-state index contributed by atoms with van der Waals surface area (Å²) in [6.45, 7) is 5.67. The van der Waals surface area contributed by atoms with Crippen LogP contribution in [0.4, 0.5) is 4.79 Å². The average Bonchev–Trinajstić information content (AvgIpc) is 2.38. The lowest BCUT2D eigenvalue weighted by atomic mass is 10.2. The van der Waals surface area contributed by atoms with Gasteiger partial charge in [0.25, 0.3) is 0 Å². The molecule has 1 heterocycles. The molecule has 5 nitrogen and oxygen atoms in total. The van der Waals surface area contributed by atoms with Gasteiger partial charge in [-0.3, -0.25) is 0 Å². The molecule has 0 spiro atoms. The number of hydrogen-bond acceptors (Lipinski definition) is 3. The molecule has 0 fully saturated rings. The third-order valence-corrected chi connectivity index (χ3v) is 2.41. The fourth-order valence-electron chi connectivity index (χ4n) is 1.51. The summed E-state index contributed by atoms with van der Waals surface area (Å²) < 4.78 is 5.43. The molecular weight excluding hydrogens is 230 g/mol. The highest BCUT2D eigenvalue weighted by atomic mass is 16.5. The van der Waals surface area contributed by atoms with Gasteiger partial charge in [0, 0.05) is 25.4 Å². The topological polar surface area (TPSA) is 54.5 Å². The van der Waals surface area contributed by atoms with Crippen LogP contribution in [-0.4, -0.2) is 36.1 Å². The molecule has 100 valence electrons. The number of amides is 2. The Hall–Kier alpha value is -1.78. The fraction of sp³-hybridized carbons (Fsp3) is 0.538. The van der Waals surface area contributed by atoms with E-state index in [1.807, 2.05) is 26.0 Å². The zero-order valence-electron chi connectivity index (χ0n) is 11.3. The van der Waals surface area contributed by atoms with Crippen LogP contribution in [0.3, 0.4) is 0 Å². The molecule has 0 atom stereocenters. The van der Waals surface area contributed by atoms with Crippen molar-refractivity contribution in [2.24, 2.45) is 0 Å². The van der Waals surface area contributed by atoms with Crippen LogP contribution < -0.4 is 10.1 Å². The summed E-state index contributed by atoms with van der Waals surface area (Å²) in [6.07, 6.45) is 2.61. The molecule has 0 bridgehead atoms. The third-order valence-electron chi connectivity index (χ3n) is 2.41. The first-order valence-corrected chi connectivity index (χ1v) is 6.24. The summed E-state index contributed by atoms with van der Waals surface area (Å²) in [7, 11) is 1.76. The highest BCUT2D eigenvalue weighted by Crippen LogP contribution is 2.15. The van der Waals surface area contributed by atoms with Crippen molar-refractivity contribution < 1.29 is 9.53 Å². The highest BCUT2D eigenvalue weighted by Gasteiger charge is 2.11. The molecule has 0 radical (unpaired) electrons. The van der Waals surface area contributed by atoms with E-state index in [-0.39, 0.29) is 6.03 Å². The van der Waals surface area contributed by atoms with Crippen LogP contribution in [0.15, 0.2) is 18.3 Å². The van der Waals surface area contributed by atoms with Crippen molar-refractivity contribution in [3.8, 4) is 5.88 Å². The van der Waals surface area contributed by atoms with Gasteiger partial charge in [-0.1, -0.05) is 13.0 Å². The van der Waals surface area contributed by atoms with Crippen LogP contribution in [0.1, 0.15) is 25.8 Å². The molecule has 0 aliphatic rings. The number of carbonyl (C=O) groups excluding carboxylic acids is 1. The van der Waals surface area contributed by atoms with E-state index >= 15 is 0 Å². The van der Waals surface area contributed by atoms with Crippen molar-refractivity contribution in [3.63, 3.8) is 0 Å². The molecule has 1 N–H and O–H groups in total. The molecule has 1 rings (SSSR count). The van der Waals surface area contributed by atoms with E-state index in [1.54, 1.807) is 18.1 Å². The fourth-order valence-corrected chi connectivity index (χ4v) is 1.51. The molecule has 1 aromatic rings. The smallest absolute Gasteiger partial charge is 0.317 e. The second-order valence-corrected chi connectivity index (χ2v) is 3.99. The van der Waals surface area contributed by atoms with E-state index in [0.717, 1.165) is 12.0 Å². The monoisotopic (exact) mass is 251 g/mol. The van der Waals surface area contributed by atoms with Crippen molar-refractivity contribution in [1.29, 1.82) is 0 Å². The van der Waals surface area contributed by atoms with Crippen molar-refractivity contribution >= 4 is 6.03 Å². The number of carbonyl (C=O) groups is 1. The van der Waals surface area contributed by atoms with Crippen LogP contribution in [0, 0.1) is 0 Å². The van der Waals surface area contributed by atoms with Crippen LogP contribution >= 0.6 is 0 Å². The summed E-state index contributed by atoms with van der Waals surface area (Å²) >= 11 is 0. The maximum atomic E-state index is 11.7. The van der Waals surface area contributed by atoms with Gasteiger partial charge in [0.2, 0.25) is 5.88 Å². The summed E-state index contributed by atoms with van der Waals surface area (Å²) in [6, 6.07) is 3.68. The molecule has 0 unspecified atom stereocenters. The van der Waals surface area contributed by atoms with E-state index in [9.17, 15) is 4.79 Å². The molecule has 18 heavy (non-hydrogen) atoms. The maximum absolute atomic E-state index is 11.7. The van der Waals surface area contributed by atoms with E-state index in [0.29, 0.717) is 25.6 Å². The highest BCUT2D eigenvalue weighted by molar-refractivity contribution is 5.73. The lowest BCUT2D eigenvalue weighted by Gasteiger charge is -2.19. The van der Waals surface area contributed by atoms with E-state index < -0.39 is 0 Å². The number of urea groups is 1. The predicted molar refractivity (Wildman–Crippen MR) is 70.6 cm³/mol. The van der Waals surface area contributed by atoms with Gasteiger partial charge in [-0.25, -0.2) is 9.78 Å². The van der Waals surface area contributed by atoms with Crippen molar-refractivity contribution in [2.45, 2.75) is 26.8 Å². The van der Waals surface area contributed by atoms with Gasteiger partial charge in [0.05, 0.1) is 13.2 Å². The van der Waals surface area contributed by atoms with Crippen LogP contribution in [-0.2, 0) is 6.54 Å². The van der Waals surface area contributed by atoms with E-state index in [2.05, 4.69) is 10.3 Å². The third kappa shape index (κ3) is 4.24. The van der Waals surface area contributed by atoms with E-state index in [1.165, 1.54) is 0 Å². The van der Waals surface area contributed by atoms with Crippen LogP contribution in [0.2, 0.25) is 0 Å². The Morgan fingerprint density at radius 1 is 1.50 bits per heavy atom. The Morgan fingerprint density at radius 2 is 2.28 bits per heavy atom. The summed E-state index contributed by atoms with van der Waals surface area (Å²) in [5, 5.41) is 2.83. The Bertz CT molecular complexity index is 382. The molecule has 0 saturated heterocycles. The van der Waals surface area contributed by atoms with Gasteiger partial charge in [-0.15, -0.1) is 0 Å². The number of hydrogen-bond donors (Lipinski definition) is 1. The Morgan fingerprint density at radius 3 is 2.94 bits per heavy atom. The summed E-state index contributed by atoms with van der Waals surface area (Å²) in [5.41, 5.74) is 0.911. The van der Waals surface area contributed by atoms with Gasteiger partial charge in [0.15, 0.2) is 0 Å². The molecule has 0 aromatic carbocycles. The van der Waals surface area contributed by atoms with Crippen LogP contribution in [0.25, 0.3) is 0 Å².